The van der Waals surface area contributed by atoms with Crippen LogP contribution in [-0.4, -0.2) is 137 Å². The molecule has 3 aromatic rings. The molecular weight excluding hydrogens is 646 g/mol. The van der Waals surface area contributed by atoms with Crippen molar-refractivity contribution >= 4 is 28.7 Å². The van der Waals surface area contributed by atoms with Crippen LogP contribution < -0.4 is 15.8 Å². The number of ether oxygens (including phenoxy) is 1. The van der Waals surface area contributed by atoms with Gasteiger partial charge in [-0.2, -0.15) is 0 Å². The van der Waals surface area contributed by atoms with Crippen LogP contribution in [0.15, 0.2) is 41.5 Å². The second kappa shape index (κ2) is 16.5. The number of carbonyl (C=O) groups excluding carboxylic acids is 2. The number of anilines is 1. The zero-order valence-electron chi connectivity index (χ0n) is 30.8. The van der Waals surface area contributed by atoms with Gasteiger partial charge in [0, 0.05) is 90.3 Å². The van der Waals surface area contributed by atoms with E-state index in [1.54, 1.807) is 6.20 Å². The van der Waals surface area contributed by atoms with E-state index in [0.717, 1.165) is 126 Å². The molecule has 0 aliphatic carbocycles. The normalized spacial score (nSPS) is 18.7. The second-order valence-electron chi connectivity index (χ2n) is 15.2. The first-order valence-electron chi connectivity index (χ1n) is 18.7. The highest BCUT2D eigenvalue weighted by molar-refractivity contribution is 5.92. The van der Waals surface area contributed by atoms with Gasteiger partial charge in [0.15, 0.2) is 0 Å². The number of pyridine rings is 3. The van der Waals surface area contributed by atoms with Crippen LogP contribution >= 0.6 is 0 Å². The summed E-state index contributed by atoms with van der Waals surface area (Å²) in [6.07, 6.45) is 6.50. The van der Waals surface area contributed by atoms with E-state index in [1.807, 2.05) is 63.1 Å². The molecule has 3 aliphatic rings. The number of hydrogen-bond acceptors (Lipinski definition) is 10. The number of H-pyrrole nitrogens is 1. The average Bonchev–Trinajstić information content (AvgIpc) is 3.12. The summed E-state index contributed by atoms with van der Waals surface area (Å²) in [7, 11) is 0. The zero-order valence-corrected chi connectivity index (χ0v) is 30.8. The lowest BCUT2D eigenvalue weighted by Gasteiger charge is -2.39. The number of aromatic nitrogens is 3. The van der Waals surface area contributed by atoms with Crippen LogP contribution in [0.3, 0.4) is 0 Å². The molecule has 3 aromatic heterocycles. The van der Waals surface area contributed by atoms with Gasteiger partial charge < -0.3 is 29.7 Å². The molecule has 2 N–H and O–H groups in total. The van der Waals surface area contributed by atoms with Gasteiger partial charge >= 0.3 is 6.09 Å². The maximum absolute atomic E-state index is 12.9. The van der Waals surface area contributed by atoms with Crippen molar-refractivity contribution < 1.29 is 14.3 Å². The van der Waals surface area contributed by atoms with Crippen molar-refractivity contribution in [1.29, 1.82) is 0 Å². The third kappa shape index (κ3) is 10.0. The smallest absolute Gasteiger partial charge is 0.410 e. The Bertz CT molecular complexity index is 1680. The molecule has 3 fully saturated rings. The highest BCUT2D eigenvalue weighted by atomic mass is 16.6. The van der Waals surface area contributed by atoms with Crippen molar-refractivity contribution in [1.82, 2.24) is 39.9 Å². The molecule has 3 saturated heterocycles. The van der Waals surface area contributed by atoms with E-state index in [2.05, 4.69) is 39.9 Å². The number of aryl methyl sites for hydroxylation is 1. The first kappa shape index (κ1) is 36.7. The molecule has 0 radical (unpaired) electrons. The minimum absolute atomic E-state index is 0.0389. The van der Waals surface area contributed by atoms with E-state index < -0.39 is 5.60 Å². The maximum atomic E-state index is 12.9. The lowest BCUT2D eigenvalue weighted by Crippen LogP contribution is -2.51. The van der Waals surface area contributed by atoms with Gasteiger partial charge in [-0.05, 0) is 88.9 Å². The van der Waals surface area contributed by atoms with Gasteiger partial charge in [-0.1, -0.05) is 6.92 Å². The number of likely N-dealkylation sites (tertiary alicyclic amines) is 1. The first-order valence-corrected chi connectivity index (χ1v) is 18.7. The van der Waals surface area contributed by atoms with Gasteiger partial charge in [0.25, 0.3) is 11.5 Å². The predicted octanol–water partition coefficient (Wildman–Crippen LogP) is 3.20. The molecule has 0 bridgehead atoms. The number of amides is 2. The Kier molecular flexibility index (Phi) is 11.9. The molecule has 13 nitrogen and oxygen atoms in total. The largest absolute Gasteiger partial charge is 0.444 e. The minimum Gasteiger partial charge on any atom is -0.444 e. The Morgan fingerprint density at radius 1 is 0.902 bits per heavy atom. The van der Waals surface area contributed by atoms with Gasteiger partial charge in [0.2, 0.25) is 0 Å². The zero-order chi connectivity index (χ0) is 36.0. The highest BCUT2D eigenvalue weighted by Crippen LogP contribution is 2.21. The molecule has 51 heavy (non-hydrogen) atoms. The Morgan fingerprint density at radius 3 is 2.29 bits per heavy atom. The number of fused-ring (bicyclic) bond motifs is 1. The molecule has 13 heteroatoms. The van der Waals surface area contributed by atoms with Gasteiger partial charge in [-0.15, -0.1) is 0 Å². The molecule has 0 saturated carbocycles. The van der Waals surface area contributed by atoms with Gasteiger partial charge in [-0.3, -0.25) is 24.4 Å². The fourth-order valence-electron chi connectivity index (χ4n) is 7.26. The van der Waals surface area contributed by atoms with E-state index in [4.69, 9.17) is 4.74 Å². The van der Waals surface area contributed by atoms with E-state index in [0.29, 0.717) is 24.6 Å². The van der Waals surface area contributed by atoms with Crippen LogP contribution in [-0.2, 0) is 17.7 Å². The first-order chi connectivity index (χ1) is 24.5. The Labute approximate surface area is 301 Å². The minimum atomic E-state index is -0.462. The number of hydrogen-bond donors (Lipinski definition) is 2. The number of rotatable bonds is 10. The quantitative estimate of drug-likeness (QED) is 0.325. The summed E-state index contributed by atoms with van der Waals surface area (Å²) in [4.78, 5) is 61.0. The SMILES string of the molecule is CCc1cc2ncc(CN3CCN(c4ccc(C(=O)NCCN5CCC(CN6CCN(C(=O)OC(C)(C)C)CC6)CC5)nc4)CC3)cc2[nH]c1=O. The van der Waals surface area contributed by atoms with Crippen molar-refractivity contribution in [2.45, 2.75) is 59.1 Å². The van der Waals surface area contributed by atoms with Crippen LogP contribution in [0.1, 0.15) is 62.2 Å². The van der Waals surface area contributed by atoms with Crippen molar-refractivity contribution in [2.75, 3.05) is 90.0 Å². The fourth-order valence-corrected chi connectivity index (χ4v) is 7.26. The summed E-state index contributed by atoms with van der Waals surface area (Å²) in [5.74, 6) is 0.529. The maximum Gasteiger partial charge on any atom is 0.410 e. The monoisotopic (exact) mass is 701 g/mol. The number of aromatic amines is 1. The third-order valence-corrected chi connectivity index (χ3v) is 10.3. The third-order valence-electron chi connectivity index (χ3n) is 10.3. The van der Waals surface area contributed by atoms with E-state index in [-0.39, 0.29) is 17.6 Å². The Morgan fingerprint density at radius 2 is 1.63 bits per heavy atom. The molecule has 0 atom stereocenters. The number of piperazine rings is 2. The van der Waals surface area contributed by atoms with Crippen LogP contribution in [0.2, 0.25) is 0 Å². The molecule has 0 unspecified atom stereocenters. The fraction of sp³-hybridized carbons (Fsp3) is 0.605. The van der Waals surface area contributed by atoms with Gasteiger partial charge in [0.05, 0.1) is 22.9 Å². The van der Waals surface area contributed by atoms with Crippen LogP contribution in [0, 0.1) is 5.92 Å². The van der Waals surface area contributed by atoms with Gasteiger partial charge in [-0.25, -0.2) is 9.78 Å². The standard InChI is InChI=1S/C38H55N9O4/c1-5-30-23-33-34(42-35(30)48)22-29(24-40-33)27-45-14-18-46(19-15-45)31-6-7-32(41-25-31)36(49)39-10-13-43-11-8-28(9-12-43)26-44-16-20-47(21-17-44)37(50)51-38(2,3)4/h6-7,22-25,28H,5,8-21,26-27H2,1-4H3,(H,39,49)(H,42,48). The van der Waals surface area contributed by atoms with E-state index in [9.17, 15) is 14.4 Å². The number of carbonyl (C=O) groups is 2. The summed E-state index contributed by atoms with van der Waals surface area (Å²) in [5.41, 5.74) is 4.41. The number of nitrogens with one attached hydrogen (secondary N) is 2. The van der Waals surface area contributed by atoms with Crippen LogP contribution in [0.5, 0.6) is 0 Å². The molecule has 2 amide bonds. The number of nitrogens with zero attached hydrogens (tertiary/aromatic N) is 7. The van der Waals surface area contributed by atoms with Crippen LogP contribution in [0.4, 0.5) is 10.5 Å². The van der Waals surface area contributed by atoms with Crippen molar-refractivity contribution in [3.8, 4) is 0 Å². The predicted molar refractivity (Wildman–Crippen MR) is 199 cm³/mol. The van der Waals surface area contributed by atoms with E-state index in [1.165, 1.54) is 0 Å². The van der Waals surface area contributed by atoms with Crippen molar-refractivity contribution in [2.24, 2.45) is 5.92 Å². The van der Waals surface area contributed by atoms with E-state index >= 15 is 0 Å². The summed E-state index contributed by atoms with van der Waals surface area (Å²) in [6, 6.07) is 7.73. The molecule has 276 valence electrons. The lowest BCUT2D eigenvalue weighted by atomic mass is 9.96. The summed E-state index contributed by atoms with van der Waals surface area (Å²) in [6.45, 7) is 19.8. The molecule has 0 aromatic carbocycles. The number of piperidine rings is 1. The Hall–Kier alpha value is -4.07. The summed E-state index contributed by atoms with van der Waals surface area (Å²) < 4.78 is 5.53. The molecule has 6 heterocycles. The Balaban J connectivity index is 0.859. The van der Waals surface area contributed by atoms with Crippen molar-refractivity contribution in [3.63, 3.8) is 0 Å². The molecule has 3 aliphatic heterocycles. The average molecular weight is 702 g/mol. The molecular formula is C38H55N9O4. The summed E-state index contributed by atoms with van der Waals surface area (Å²) >= 11 is 0. The molecule has 0 spiro atoms. The van der Waals surface area contributed by atoms with Gasteiger partial charge in [0.1, 0.15) is 11.3 Å². The highest BCUT2D eigenvalue weighted by Gasteiger charge is 2.28. The van der Waals surface area contributed by atoms with Crippen LogP contribution in [0.25, 0.3) is 11.0 Å². The molecule has 6 rings (SSSR count). The lowest BCUT2D eigenvalue weighted by molar-refractivity contribution is 0.0122. The summed E-state index contributed by atoms with van der Waals surface area (Å²) in [5, 5.41) is 3.06. The topological polar surface area (TPSA) is 130 Å². The second-order valence-corrected chi connectivity index (χ2v) is 15.2. The van der Waals surface area contributed by atoms with Crippen molar-refractivity contribution in [3.05, 3.63) is 63.8 Å².